The number of fused-ring (bicyclic) bond motifs is 1. The van der Waals surface area contributed by atoms with Crippen molar-refractivity contribution in [2.24, 2.45) is 0 Å². The van der Waals surface area contributed by atoms with Crippen molar-refractivity contribution in [3.05, 3.63) is 44.6 Å². The quantitative estimate of drug-likeness (QED) is 0.702. The van der Waals surface area contributed by atoms with Crippen LogP contribution in [0.4, 0.5) is 0 Å². The molecule has 98 valence electrons. The zero-order valence-electron chi connectivity index (χ0n) is 10.7. The van der Waals surface area contributed by atoms with Crippen LogP contribution in [0.25, 0.3) is 11.4 Å². The maximum atomic E-state index is 6.31. The molecule has 0 saturated carbocycles. The van der Waals surface area contributed by atoms with Gasteiger partial charge in [0.25, 0.3) is 0 Å². The monoisotopic (exact) mass is 336 g/mol. The largest absolute Gasteiger partial charge is 0.233 e. The molecule has 0 saturated heterocycles. The molecule has 0 atom stereocenters. The van der Waals surface area contributed by atoms with Crippen molar-refractivity contribution in [3.63, 3.8) is 0 Å². The van der Waals surface area contributed by atoms with Gasteiger partial charge in [-0.2, -0.15) is 0 Å². The molecule has 0 spiro atoms. The first-order valence-electron chi connectivity index (χ1n) is 6.47. The predicted octanol–water partition coefficient (Wildman–Crippen LogP) is 4.75. The summed E-state index contributed by atoms with van der Waals surface area (Å²) in [6.07, 6.45) is 4.40. The first-order chi connectivity index (χ1) is 9.15. The molecule has 0 amide bonds. The normalized spacial score (nSPS) is 14.3. The average Bonchev–Trinajstić information content (AvgIpc) is 2.42. The van der Waals surface area contributed by atoms with E-state index in [-0.39, 0.29) is 0 Å². The fourth-order valence-electron chi connectivity index (χ4n) is 2.46. The van der Waals surface area contributed by atoms with Crippen LogP contribution in [-0.2, 0) is 12.8 Å². The zero-order valence-corrected chi connectivity index (χ0v) is 13.1. The summed E-state index contributed by atoms with van der Waals surface area (Å²) in [5, 5.41) is 0.625. The highest BCUT2D eigenvalue weighted by Gasteiger charge is 2.17. The maximum Gasteiger partial charge on any atom is 0.161 e. The smallest absolute Gasteiger partial charge is 0.161 e. The third-order valence-corrected chi connectivity index (χ3v) is 4.75. The highest BCUT2D eigenvalue weighted by atomic mass is 79.9. The van der Waals surface area contributed by atoms with Crippen LogP contribution in [0, 0.1) is 6.92 Å². The summed E-state index contributed by atoms with van der Waals surface area (Å²) in [7, 11) is 0. The molecule has 4 heteroatoms. The van der Waals surface area contributed by atoms with Gasteiger partial charge in [-0.1, -0.05) is 33.6 Å². The summed E-state index contributed by atoms with van der Waals surface area (Å²) in [5.41, 5.74) is 4.47. The van der Waals surface area contributed by atoms with Crippen molar-refractivity contribution in [2.75, 3.05) is 0 Å². The molecule has 0 bridgehead atoms. The van der Waals surface area contributed by atoms with E-state index >= 15 is 0 Å². The third kappa shape index (κ3) is 2.54. The van der Waals surface area contributed by atoms with Gasteiger partial charge in [0.1, 0.15) is 5.15 Å². The maximum absolute atomic E-state index is 6.31. The highest BCUT2D eigenvalue weighted by Crippen LogP contribution is 2.29. The molecule has 1 heterocycles. The molecule has 3 rings (SSSR count). The topological polar surface area (TPSA) is 25.8 Å². The second-order valence-electron chi connectivity index (χ2n) is 4.93. The number of halogens is 2. The molecule has 0 fully saturated rings. The van der Waals surface area contributed by atoms with E-state index in [0.29, 0.717) is 5.15 Å². The first-order valence-corrected chi connectivity index (χ1v) is 7.64. The molecule has 2 aromatic rings. The summed E-state index contributed by atoms with van der Waals surface area (Å²) in [4.78, 5) is 9.17. The Balaban J connectivity index is 2.10. The first kappa shape index (κ1) is 13.1. The average molecular weight is 338 g/mol. The molecule has 0 radical (unpaired) electrons. The van der Waals surface area contributed by atoms with E-state index in [1.807, 2.05) is 12.1 Å². The third-order valence-electron chi connectivity index (χ3n) is 3.55. The van der Waals surface area contributed by atoms with Gasteiger partial charge >= 0.3 is 0 Å². The van der Waals surface area contributed by atoms with Crippen molar-refractivity contribution in [1.29, 1.82) is 0 Å². The zero-order chi connectivity index (χ0) is 13.4. The van der Waals surface area contributed by atoms with Crippen LogP contribution >= 0.6 is 27.5 Å². The van der Waals surface area contributed by atoms with E-state index in [9.17, 15) is 0 Å². The Kier molecular flexibility index (Phi) is 3.59. The van der Waals surface area contributed by atoms with Crippen molar-refractivity contribution in [1.82, 2.24) is 9.97 Å². The van der Waals surface area contributed by atoms with Crippen LogP contribution in [0.1, 0.15) is 29.7 Å². The Hall–Kier alpha value is -0.930. The van der Waals surface area contributed by atoms with Gasteiger partial charge in [-0.25, -0.2) is 9.97 Å². The number of rotatable bonds is 1. The molecular weight excluding hydrogens is 324 g/mol. The Bertz CT molecular complexity index is 640. The lowest BCUT2D eigenvalue weighted by Gasteiger charge is -2.16. The molecule has 19 heavy (non-hydrogen) atoms. The highest BCUT2D eigenvalue weighted by molar-refractivity contribution is 9.10. The van der Waals surface area contributed by atoms with Crippen molar-refractivity contribution in [3.8, 4) is 11.4 Å². The second-order valence-corrected chi connectivity index (χ2v) is 6.15. The molecule has 1 aliphatic rings. The van der Waals surface area contributed by atoms with Gasteiger partial charge in [0, 0.05) is 21.3 Å². The molecule has 0 unspecified atom stereocenters. The van der Waals surface area contributed by atoms with E-state index in [1.54, 1.807) is 0 Å². The summed E-state index contributed by atoms with van der Waals surface area (Å²) in [6.45, 7) is 2.06. The lowest BCUT2D eigenvalue weighted by molar-refractivity contribution is 0.663. The Morgan fingerprint density at radius 2 is 1.95 bits per heavy atom. The molecule has 2 nitrogen and oxygen atoms in total. The van der Waals surface area contributed by atoms with Crippen molar-refractivity contribution >= 4 is 27.5 Å². The minimum atomic E-state index is 0.625. The minimum Gasteiger partial charge on any atom is -0.233 e. The lowest BCUT2D eigenvalue weighted by Crippen LogP contribution is -2.08. The number of hydrogen-bond donors (Lipinski definition) is 0. The fraction of sp³-hybridized carbons (Fsp3) is 0.333. The van der Waals surface area contributed by atoms with E-state index in [1.165, 1.54) is 18.4 Å². The van der Waals surface area contributed by atoms with Gasteiger partial charge in [0.2, 0.25) is 0 Å². The summed E-state index contributed by atoms with van der Waals surface area (Å²) in [6, 6.07) is 6.14. The second kappa shape index (κ2) is 5.22. The molecule has 1 aromatic heterocycles. The fourth-order valence-corrected chi connectivity index (χ4v) is 2.99. The van der Waals surface area contributed by atoms with Gasteiger partial charge < -0.3 is 0 Å². The van der Waals surface area contributed by atoms with E-state index in [2.05, 4.69) is 33.9 Å². The summed E-state index contributed by atoms with van der Waals surface area (Å²) < 4.78 is 1.10. The summed E-state index contributed by atoms with van der Waals surface area (Å²) in [5.74, 6) is 0.737. The van der Waals surface area contributed by atoms with Gasteiger partial charge in [-0.15, -0.1) is 0 Å². The Morgan fingerprint density at radius 3 is 2.74 bits per heavy atom. The van der Waals surface area contributed by atoms with Crippen LogP contribution in [0.3, 0.4) is 0 Å². The van der Waals surface area contributed by atoms with Gasteiger partial charge in [-0.3, -0.25) is 0 Å². The van der Waals surface area contributed by atoms with Gasteiger partial charge in [0.15, 0.2) is 5.82 Å². The Morgan fingerprint density at radius 1 is 1.16 bits per heavy atom. The van der Waals surface area contributed by atoms with E-state index in [4.69, 9.17) is 16.6 Å². The van der Waals surface area contributed by atoms with Gasteiger partial charge in [-0.05, 0) is 50.3 Å². The van der Waals surface area contributed by atoms with Crippen LogP contribution in [0.15, 0.2) is 22.7 Å². The van der Waals surface area contributed by atoms with E-state index < -0.39 is 0 Å². The van der Waals surface area contributed by atoms with Gasteiger partial charge in [0.05, 0.1) is 0 Å². The van der Waals surface area contributed by atoms with Crippen LogP contribution < -0.4 is 0 Å². The van der Waals surface area contributed by atoms with Crippen LogP contribution in [0.2, 0.25) is 5.15 Å². The SMILES string of the molecule is Cc1cc(-c2nc(Cl)c3c(n2)CCCC3)ccc1Br. The molecule has 0 N–H and O–H groups in total. The number of aromatic nitrogens is 2. The predicted molar refractivity (Wildman–Crippen MR) is 81.6 cm³/mol. The molecule has 0 aliphatic heterocycles. The van der Waals surface area contributed by atoms with Crippen LogP contribution in [0.5, 0.6) is 0 Å². The minimum absolute atomic E-state index is 0.625. The lowest BCUT2D eigenvalue weighted by atomic mass is 9.97. The number of aryl methyl sites for hydroxylation is 2. The number of nitrogens with zero attached hydrogens (tertiary/aromatic N) is 2. The van der Waals surface area contributed by atoms with Crippen LogP contribution in [-0.4, -0.2) is 9.97 Å². The van der Waals surface area contributed by atoms with Crippen molar-refractivity contribution < 1.29 is 0 Å². The molecule has 1 aliphatic carbocycles. The van der Waals surface area contributed by atoms with E-state index in [0.717, 1.165) is 40.0 Å². The molecule has 1 aromatic carbocycles. The van der Waals surface area contributed by atoms with Crippen molar-refractivity contribution in [2.45, 2.75) is 32.6 Å². The summed E-state index contributed by atoms with van der Waals surface area (Å²) >= 11 is 9.82. The molecular formula is C15H14BrClN2. The number of hydrogen-bond acceptors (Lipinski definition) is 2. The number of benzene rings is 1. The standard InChI is InChI=1S/C15H14BrClN2/c1-9-8-10(6-7-12(9)16)15-18-13-5-3-2-4-11(13)14(17)19-15/h6-8H,2-5H2,1H3. The Labute approximate surface area is 126 Å².